The van der Waals surface area contributed by atoms with Gasteiger partial charge in [0.2, 0.25) is 5.90 Å². The second kappa shape index (κ2) is 8.77. The molecule has 13 heteroatoms. The van der Waals surface area contributed by atoms with E-state index in [1.54, 1.807) is 30.3 Å². The molecule has 2 aromatic rings. The van der Waals surface area contributed by atoms with E-state index in [-0.39, 0.29) is 41.0 Å². The number of benzene rings is 1. The van der Waals surface area contributed by atoms with E-state index in [0.717, 1.165) is 11.3 Å². The molecule has 1 unspecified atom stereocenters. The summed E-state index contributed by atoms with van der Waals surface area (Å²) in [6.45, 7) is -0.0782. The van der Waals surface area contributed by atoms with E-state index in [4.69, 9.17) is 14.6 Å². The zero-order chi connectivity index (χ0) is 23.8. The van der Waals surface area contributed by atoms with Crippen LogP contribution < -0.4 is 5.32 Å². The summed E-state index contributed by atoms with van der Waals surface area (Å²) < 4.78 is 39.5. The van der Waals surface area contributed by atoms with Gasteiger partial charge in [0, 0.05) is 17.4 Å². The lowest BCUT2D eigenvalue weighted by Crippen LogP contribution is -2.28. The minimum absolute atomic E-state index is 0.00904. The van der Waals surface area contributed by atoms with Crippen LogP contribution >= 0.6 is 11.3 Å². The van der Waals surface area contributed by atoms with E-state index in [9.17, 15) is 27.9 Å². The Kier molecular flexibility index (Phi) is 6.01. The summed E-state index contributed by atoms with van der Waals surface area (Å²) in [7, 11) is -3.91. The number of aromatic carboxylic acids is 1. The Morgan fingerprint density at radius 2 is 1.94 bits per heavy atom. The maximum atomic E-state index is 12.3. The molecule has 3 heterocycles. The van der Waals surface area contributed by atoms with Crippen molar-refractivity contribution in [2.24, 2.45) is 4.40 Å². The average Bonchev–Trinajstić information content (AvgIpc) is 3.28. The fraction of sp³-hybridized carbons (Fsp3) is 0.200. The highest BCUT2D eigenvalue weighted by Gasteiger charge is 2.32. The quantitative estimate of drug-likeness (QED) is 0.526. The molecule has 1 amide bonds. The number of nitrogens with zero attached hydrogens (tertiary/aromatic N) is 1. The Labute approximate surface area is 191 Å². The van der Waals surface area contributed by atoms with Crippen molar-refractivity contribution in [3.05, 3.63) is 58.0 Å². The van der Waals surface area contributed by atoms with Crippen LogP contribution in [0.25, 0.3) is 4.91 Å². The van der Waals surface area contributed by atoms with Gasteiger partial charge < -0.3 is 25.0 Å². The lowest BCUT2D eigenvalue weighted by molar-refractivity contribution is -0.147. The smallest absolute Gasteiger partial charge is 0.394 e. The van der Waals surface area contributed by atoms with E-state index in [1.807, 2.05) is 0 Å². The van der Waals surface area contributed by atoms with Gasteiger partial charge in [-0.15, -0.1) is 15.7 Å². The molecule has 0 saturated carbocycles. The molecule has 1 aromatic carbocycles. The van der Waals surface area contributed by atoms with Crippen LogP contribution in [-0.4, -0.2) is 55.1 Å². The van der Waals surface area contributed by atoms with Gasteiger partial charge in [0.05, 0.1) is 18.3 Å². The normalized spacial score (nSPS) is 18.6. The fourth-order valence-corrected chi connectivity index (χ4v) is 5.63. The number of fused-ring (bicyclic) bond motifs is 1. The molecule has 0 fully saturated rings. The molecule has 1 aromatic heterocycles. The predicted molar refractivity (Wildman–Crippen MR) is 117 cm³/mol. The summed E-state index contributed by atoms with van der Waals surface area (Å²) in [6.07, 6.45) is 0.796. The van der Waals surface area contributed by atoms with E-state index in [2.05, 4.69) is 9.71 Å². The number of carboxylic acid groups (broad SMARTS) is 2. The molecule has 1 atom stereocenters. The molecule has 0 radical (unpaired) electrons. The molecule has 2 aliphatic rings. The summed E-state index contributed by atoms with van der Waals surface area (Å²) in [6, 6.07) is 8.43. The van der Waals surface area contributed by atoms with E-state index >= 15 is 0 Å². The highest BCUT2D eigenvalue weighted by molar-refractivity contribution is 8.00. The summed E-state index contributed by atoms with van der Waals surface area (Å²) in [5.74, 6) is -4.52. The lowest BCUT2D eigenvalue weighted by Gasteiger charge is -2.23. The molecule has 4 rings (SSSR count). The Bertz CT molecular complexity index is 1310. The number of ether oxygens (including phenoxy) is 2. The molecule has 3 N–H and O–H groups in total. The van der Waals surface area contributed by atoms with Gasteiger partial charge in [-0.05, 0) is 11.1 Å². The lowest BCUT2D eigenvalue weighted by atomic mass is 10.0. The first kappa shape index (κ1) is 22.6. The van der Waals surface area contributed by atoms with Crippen LogP contribution in [0.5, 0.6) is 0 Å². The summed E-state index contributed by atoms with van der Waals surface area (Å²) >= 11 is 0.925. The number of nitrogens with one attached hydrogen (secondary N) is 1. The standard InChI is InChI=1S/C20H16N2O9S2/c23-17(20(26)27)21-18-16(19(24)25)12-6-11(30-9-13(12)32-18)8-31-15-7-14(33(28,29)22-15)10-4-2-1-3-5-10/h1-5,7,11H,6,8-9H2,(H,21,23)(H,24,25)(H,26,27). The second-order valence-electron chi connectivity index (χ2n) is 7.00. The number of carbonyl (C=O) groups excluding carboxylic acids is 1. The van der Waals surface area contributed by atoms with E-state index in [1.165, 1.54) is 6.08 Å². The van der Waals surface area contributed by atoms with Crippen LogP contribution in [0.2, 0.25) is 0 Å². The second-order valence-corrected chi connectivity index (χ2v) is 9.68. The minimum atomic E-state index is -3.91. The predicted octanol–water partition coefficient (Wildman–Crippen LogP) is 1.71. The van der Waals surface area contributed by atoms with Crippen molar-refractivity contribution in [3.8, 4) is 0 Å². The number of thiophene rings is 1. The van der Waals surface area contributed by atoms with Crippen LogP contribution in [0.3, 0.4) is 0 Å². The van der Waals surface area contributed by atoms with E-state index in [0.29, 0.717) is 16.0 Å². The fourth-order valence-electron chi connectivity index (χ4n) is 3.36. The third-order valence-electron chi connectivity index (χ3n) is 4.83. The molecule has 0 saturated heterocycles. The van der Waals surface area contributed by atoms with Crippen molar-refractivity contribution in [2.45, 2.75) is 19.1 Å². The van der Waals surface area contributed by atoms with Crippen LogP contribution in [0, 0.1) is 0 Å². The van der Waals surface area contributed by atoms with Crippen LogP contribution in [-0.2, 0) is 42.1 Å². The minimum Gasteiger partial charge on any atom is -0.478 e. The number of sulfonamides is 1. The SMILES string of the molecule is O=C(O)C(=O)Nc1sc2c(c1C(=O)O)CC(COC1=NS(=O)(=O)C(c3ccccc3)=C1)OC2. The molecule has 33 heavy (non-hydrogen) atoms. The third kappa shape index (κ3) is 4.65. The van der Waals surface area contributed by atoms with Gasteiger partial charge in [0.1, 0.15) is 16.5 Å². The van der Waals surface area contributed by atoms with Crippen molar-refractivity contribution in [1.29, 1.82) is 0 Å². The largest absolute Gasteiger partial charge is 0.478 e. The molecule has 2 aliphatic heterocycles. The summed E-state index contributed by atoms with van der Waals surface area (Å²) in [5.41, 5.74) is 0.665. The van der Waals surface area contributed by atoms with Crippen LogP contribution in [0.15, 0.2) is 40.8 Å². The number of hydrogen-bond acceptors (Lipinski definition) is 8. The van der Waals surface area contributed by atoms with Crippen LogP contribution in [0.4, 0.5) is 5.00 Å². The highest BCUT2D eigenvalue weighted by Crippen LogP contribution is 2.38. The first-order chi connectivity index (χ1) is 15.7. The van der Waals surface area contributed by atoms with Crippen molar-refractivity contribution < 1.29 is 42.5 Å². The molecule has 0 spiro atoms. The molecule has 11 nitrogen and oxygen atoms in total. The number of anilines is 1. The monoisotopic (exact) mass is 492 g/mol. The maximum Gasteiger partial charge on any atom is 0.394 e. The Morgan fingerprint density at radius 1 is 1.21 bits per heavy atom. The third-order valence-corrected chi connectivity index (χ3v) is 7.28. The van der Waals surface area contributed by atoms with Crippen molar-refractivity contribution in [1.82, 2.24) is 0 Å². The van der Waals surface area contributed by atoms with Crippen molar-refractivity contribution in [2.75, 3.05) is 11.9 Å². The van der Waals surface area contributed by atoms with Crippen molar-refractivity contribution in [3.63, 3.8) is 0 Å². The van der Waals surface area contributed by atoms with Gasteiger partial charge in [-0.2, -0.15) is 8.42 Å². The number of rotatable bonds is 5. The van der Waals surface area contributed by atoms with Crippen molar-refractivity contribution >= 4 is 55.0 Å². The van der Waals surface area contributed by atoms with Gasteiger partial charge >= 0.3 is 17.8 Å². The Hall–Kier alpha value is -3.55. The first-order valence-corrected chi connectivity index (χ1v) is 11.7. The Morgan fingerprint density at radius 3 is 2.61 bits per heavy atom. The van der Waals surface area contributed by atoms with Crippen LogP contribution in [0.1, 0.15) is 26.4 Å². The summed E-state index contributed by atoms with van der Waals surface area (Å²) in [5, 5.41) is 20.4. The number of hydrogen-bond donors (Lipinski definition) is 3. The number of aliphatic carboxylic acids is 1. The molecular formula is C20H16N2O9S2. The number of carboxylic acids is 2. The zero-order valence-electron chi connectivity index (χ0n) is 16.7. The summed E-state index contributed by atoms with van der Waals surface area (Å²) in [4.78, 5) is 34.6. The zero-order valence-corrected chi connectivity index (χ0v) is 18.3. The molecule has 0 bridgehead atoms. The van der Waals surface area contributed by atoms with Gasteiger partial charge in [-0.1, -0.05) is 30.3 Å². The van der Waals surface area contributed by atoms with Gasteiger partial charge in [0.25, 0.3) is 10.0 Å². The van der Waals surface area contributed by atoms with Gasteiger partial charge in [-0.3, -0.25) is 4.79 Å². The molecular weight excluding hydrogens is 476 g/mol. The molecule has 0 aliphatic carbocycles. The highest BCUT2D eigenvalue weighted by atomic mass is 32.2. The average molecular weight is 492 g/mol. The Balaban J connectivity index is 1.48. The van der Waals surface area contributed by atoms with Gasteiger partial charge in [-0.25, -0.2) is 9.59 Å². The molecule has 172 valence electrons. The maximum absolute atomic E-state index is 12.3. The number of amides is 1. The van der Waals surface area contributed by atoms with Gasteiger partial charge in [0.15, 0.2) is 0 Å². The van der Waals surface area contributed by atoms with E-state index < -0.39 is 34.0 Å². The first-order valence-electron chi connectivity index (χ1n) is 9.44. The topological polar surface area (TPSA) is 169 Å². The number of carbonyl (C=O) groups is 3.